The first-order chi connectivity index (χ1) is 13.8. The molecule has 29 heavy (non-hydrogen) atoms. The highest BCUT2D eigenvalue weighted by atomic mass is 32.2. The van der Waals surface area contributed by atoms with Gasteiger partial charge in [0.1, 0.15) is 5.75 Å². The number of hydrogen-bond donors (Lipinski definition) is 1. The molecule has 1 aliphatic rings. The van der Waals surface area contributed by atoms with Crippen LogP contribution in [0.25, 0.3) is 0 Å². The minimum absolute atomic E-state index is 0.0295. The number of ether oxygens (including phenoxy) is 1. The Bertz CT molecular complexity index is 887. The predicted octanol–water partition coefficient (Wildman–Crippen LogP) is 4.34. The number of carbonyl (C=O) groups excluding carboxylic acids is 2. The minimum Gasteiger partial charge on any atom is -0.482 e. The molecule has 9 heteroatoms. The van der Waals surface area contributed by atoms with Crippen LogP contribution in [0.15, 0.2) is 53.4 Å². The first-order valence-corrected chi connectivity index (χ1v) is 10.0. The zero-order valence-corrected chi connectivity index (χ0v) is 16.3. The van der Waals surface area contributed by atoms with Crippen molar-refractivity contribution in [2.75, 3.05) is 29.6 Å². The normalized spacial score (nSPS) is 16.8. The van der Waals surface area contributed by atoms with E-state index in [0.717, 1.165) is 4.90 Å². The molecular weight excluding hydrogens is 405 g/mol. The van der Waals surface area contributed by atoms with Crippen LogP contribution in [-0.2, 0) is 9.59 Å². The van der Waals surface area contributed by atoms with Crippen LogP contribution in [-0.4, -0.2) is 37.4 Å². The summed E-state index contributed by atoms with van der Waals surface area (Å²) in [6.07, 6.45) is -2.50. The molecule has 0 spiro atoms. The molecule has 1 atom stereocenters. The second-order valence-electron chi connectivity index (χ2n) is 6.49. The van der Waals surface area contributed by atoms with Gasteiger partial charge < -0.3 is 15.0 Å². The third-order valence-electron chi connectivity index (χ3n) is 4.42. The first-order valence-electron chi connectivity index (χ1n) is 8.80. The number of thioether (sulfide) groups is 1. The van der Waals surface area contributed by atoms with E-state index in [1.165, 1.54) is 18.2 Å². The van der Waals surface area contributed by atoms with Gasteiger partial charge in [-0.15, -0.1) is 11.8 Å². The number of para-hydroxylation sites is 2. The summed E-state index contributed by atoms with van der Waals surface area (Å²) in [7, 11) is 0. The van der Waals surface area contributed by atoms with E-state index in [9.17, 15) is 22.8 Å². The maximum atomic E-state index is 12.6. The van der Waals surface area contributed by atoms with E-state index < -0.39 is 24.6 Å². The van der Waals surface area contributed by atoms with Crippen molar-refractivity contribution in [2.45, 2.75) is 17.5 Å². The van der Waals surface area contributed by atoms with Crippen LogP contribution >= 0.6 is 11.8 Å². The smallest absolute Gasteiger partial charge is 0.422 e. The number of halogens is 3. The second kappa shape index (κ2) is 8.77. The summed E-state index contributed by atoms with van der Waals surface area (Å²) in [6.45, 7) is -1.25. The SMILES string of the molecule is CSc1ccc(N2CC(C(=O)Nc3ccccc3OCC(F)(F)F)CC2=O)cc1. The van der Waals surface area contributed by atoms with Gasteiger partial charge in [-0.05, 0) is 42.7 Å². The second-order valence-corrected chi connectivity index (χ2v) is 7.37. The van der Waals surface area contributed by atoms with E-state index in [1.807, 2.05) is 30.5 Å². The van der Waals surface area contributed by atoms with E-state index in [-0.39, 0.29) is 30.3 Å². The Morgan fingerprint density at radius 3 is 2.55 bits per heavy atom. The lowest BCUT2D eigenvalue weighted by atomic mass is 10.1. The molecule has 0 aromatic heterocycles. The highest BCUT2D eigenvalue weighted by Crippen LogP contribution is 2.30. The lowest BCUT2D eigenvalue weighted by Gasteiger charge is -2.18. The molecule has 1 fully saturated rings. The number of rotatable bonds is 6. The predicted molar refractivity (Wildman–Crippen MR) is 105 cm³/mol. The molecule has 1 N–H and O–H groups in total. The van der Waals surface area contributed by atoms with E-state index in [2.05, 4.69) is 5.32 Å². The fourth-order valence-electron chi connectivity index (χ4n) is 2.99. The van der Waals surface area contributed by atoms with Crippen molar-refractivity contribution in [3.8, 4) is 5.75 Å². The van der Waals surface area contributed by atoms with Crippen molar-refractivity contribution in [3.05, 3.63) is 48.5 Å². The zero-order valence-electron chi connectivity index (χ0n) is 15.5. The van der Waals surface area contributed by atoms with Crippen molar-refractivity contribution < 1.29 is 27.5 Å². The molecule has 2 aromatic rings. The van der Waals surface area contributed by atoms with Crippen LogP contribution in [0.2, 0.25) is 0 Å². The van der Waals surface area contributed by atoms with E-state index in [0.29, 0.717) is 5.69 Å². The number of hydrogen-bond acceptors (Lipinski definition) is 4. The Morgan fingerprint density at radius 2 is 1.90 bits per heavy atom. The molecule has 1 heterocycles. The van der Waals surface area contributed by atoms with Gasteiger partial charge in [0.05, 0.1) is 11.6 Å². The van der Waals surface area contributed by atoms with Crippen LogP contribution in [0.3, 0.4) is 0 Å². The van der Waals surface area contributed by atoms with E-state index in [1.54, 1.807) is 22.7 Å². The lowest BCUT2D eigenvalue weighted by Crippen LogP contribution is -2.28. The topological polar surface area (TPSA) is 58.6 Å². The molecule has 0 saturated carbocycles. The molecule has 154 valence electrons. The van der Waals surface area contributed by atoms with Crippen LogP contribution in [0, 0.1) is 5.92 Å². The highest BCUT2D eigenvalue weighted by Gasteiger charge is 2.35. The van der Waals surface area contributed by atoms with Gasteiger partial charge in [0.25, 0.3) is 0 Å². The molecular formula is C20H19F3N2O3S. The van der Waals surface area contributed by atoms with Gasteiger partial charge in [-0.25, -0.2) is 0 Å². The summed E-state index contributed by atoms with van der Waals surface area (Å²) in [5, 5.41) is 2.59. The van der Waals surface area contributed by atoms with Gasteiger partial charge in [0.15, 0.2) is 6.61 Å². The van der Waals surface area contributed by atoms with Gasteiger partial charge in [-0.1, -0.05) is 12.1 Å². The molecule has 1 aliphatic heterocycles. The Labute approximate surface area is 170 Å². The maximum Gasteiger partial charge on any atom is 0.422 e. The number of alkyl halides is 3. The summed E-state index contributed by atoms with van der Waals surface area (Å²) in [6, 6.07) is 13.3. The molecule has 1 unspecified atom stereocenters. The molecule has 1 saturated heterocycles. The molecule has 0 aliphatic carbocycles. The largest absolute Gasteiger partial charge is 0.482 e. The number of carbonyl (C=O) groups is 2. The number of amides is 2. The molecule has 2 amide bonds. The van der Waals surface area contributed by atoms with Gasteiger partial charge in [0.2, 0.25) is 11.8 Å². The number of nitrogens with one attached hydrogen (secondary N) is 1. The summed E-state index contributed by atoms with van der Waals surface area (Å²) in [5.74, 6) is -1.31. The molecule has 5 nitrogen and oxygen atoms in total. The molecule has 0 radical (unpaired) electrons. The Balaban J connectivity index is 1.66. The number of nitrogens with zero attached hydrogens (tertiary/aromatic N) is 1. The summed E-state index contributed by atoms with van der Waals surface area (Å²) < 4.78 is 42.0. The first kappa shape index (κ1) is 21.0. The average Bonchev–Trinajstić information content (AvgIpc) is 3.08. The molecule has 0 bridgehead atoms. The third kappa shape index (κ3) is 5.44. The number of anilines is 2. The standard InChI is InChI=1S/C20H19F3N2O3S/c1-29-15-8-6-14(7-9-15)25-11-13(10-18(25)26)19(27)24-16-4-2-3-5-17(16)28-12-20(21,22)23/h2-9,13H,10-12H2,1H3,(H,24,27). The van der Waals surface area contributed by atoms with Crippen molar-refractivity contribution in [1.29, 1.82) is 0 Å². The van der Waals surface area contributed by atoms with Gasteiger partial charge in [-0.3, -0.25) is 9.59 Å². The van der Waals surface area contributed by atoms with Gasteiger partial charge >= 0.3 is 6.18 Å². The van der Waals surface area contributed by atoms with Crippen molar-refractivity contribution in [3.63, 3.8) is 0 Å². The fraction of sp³-hybridized carbons (Fsp3) is 0.300. The van der Waals surface area contributed by atoms with Crippen molar-refractivity contribution in [1.82, 2.24) is 0 Å². The Kier molecular flexibility index (Phi) is 6.36. The van der Waals surface area contributed by atoms with Gasteiger partial charge in [-0.2, -0.15) is 13.2 Å². The summed E-state index contributed by atoms with van der Waals surface area (Å²) in [4.78, 5) is 27.6. The Hall–Kier alpha value is -2.68. The maximum absolute atomic E-state index is 12.6. The van der Waals surface area contributed by atoms with Crippen molar-refractivity contribution >= 4 is 35.0 Å². The van der Waals surface area contributed by atoms with Crippen LogP contribution in [0.4, 0.5) is 24.5 Å². The lowest BCUT2D eigenvalue weighted by molar-refractivity contribution is -0.153. The fourth-order valence-corrected chi connectivity index (χ4v) is 3.39. The van der Waals surface area contributed by atoms with Gasteiger partial charge in [0, 0.05) is 23.5 Å². The Morgan fingerprint density at radius 1 is 1.21 bits per heavy atom. The monoisotopic (exact) mass is 424 g/mol. The van der Waals surface area contributed by atoms with Crippen LogP contribution in [0.1, 0.15) is 6.42 Å². The average molecular weight is 424 g/mol. The molecule has 3 rings (SSSR count). The molecule has 2 aromatic carbocycles. The summed E-state index contributed by atoms with van der Waals surface area (Å²) in [5.41, 5.74) is 0.842. The zero-order chi connectivity index (χ0) is 21.0. The van der Waals surface area contributed by atoms with E-state index in [4.69, 9.17) is 4.74 Å². The quantitative estimate of drug-likeness (QED) is 0.701. The minimum atomic E-state index is -4.48. The third-order valence-corrected chi connectivity index (χ3v) is 5.16. The number of benzene rings is 2. The van der Waals surface area contributed by atoms with E-state index >= 15 is 0 Å². The van der Waals surface area contributed by atoms with Crippen LogP contribution < -0.4 is 15.0 Å². The summed E-state index contributed by atoms with van der Waals surface area (Å²) >= 11 is 1.58. The van der Waals surface area contributed by atoms with Crippen LogP contribution in [0.5, 0.6) is 5.75 Å². The van der Waals surface area contributed by atoms with Crippen molar-refractivity contribution in [2.24, 2.45) is 5.92 Å². The highest BCUT2D eigenvalue weighted by molar-refractivity contribution is 7.98.